The van der Waals surface area contributed by atoms with Crippen LogP contribution in [0.4, 0.5) is 17.6 Å². The fourth-order valence-electron chi connectivity index (χ4n) is 0.928. The average Bonchev–Trinajstić information content (AvgIpc) is 2.21. The Morgan fingerprint density at radius 2 is 2.11 bits per heavy atom. The smallest absolute Gasteiger partial charge is 0.425 e. The molecule has 100 valence electrons. The summed E-state index contributed by atoms with van der Waals surface area (Å²) < 4.78 is 54.0. The molecule has 18 heavy (non-hydrogen) atoms. The lowest BCUT2D eigenvalue weighted by molar-refractivity contribution is -0.190. The van der Waals surface area contributed by atoms with E-state index in [1.807, 2.05) is 0 Å². The maximum atomic E-state index is 13.0. The normalized spacial score (nSPS) is 13.2. The first-order valence-corrected chi connectivity index (χ1v) is 4.83. The van der Waals surface area contributed by atoms with Crippen molar-refractivity contribution in [2.45, 2.75) is 19.2 Å². The molecule has 0 radical (unpaired) electrons. The topological polar surface area (TPSA) is 59.4 Å². The van der Waals surface area contributed by atoms with Crippen molar-refractivity contribution in [1.82, 2.24) is 4.98 Å². The van der Waals surface area contributed by atoms with E-state index in [4.69, 9.17) is 16.7 Å². The Kier molecular flexibility index (Phi) is 4.00. The molecular formula is C9H6ClF4NO3. The summed E-state index contributed by atoms with van der Waals surface area (Å²) in [7, 11) is 0. The van der Waals surface area contributed by atoms with Crippen molar-refractivity contribution < 1.29 is 32.2 Å². The van der Waals surface area contributed by atoms with Gasteiger partial charge in [0.1, 0.15) is 5.56 Å². The second-order valence-electron chi connectivity index (χ2n) is 3.22. The highest BCUT2D eigenvalue weighted by molar-refractivity contribution is 6.29. The molecule has 1 aromatic rings. The Labute approximate surface area is 103 Å². The first-order valence-electron chi connectivity index (χ1n) is 4.45. The molecule has 0 aromatic carbocycles. The molecule has 1 heterocycles. The van der Waals surface area contributed by atoms with Gasteiger partial charge in [-0.3, -0.25) is 0 Å². The van der Waals surface area contributed by atoms with Crippen LogP contribution >= 0.6 is 11.6 Å². The van der Waals surface area contributed by atoms with Crippen LogP contribution < -0.4 is 4.74 Å². The third-order valence-electron chi connectivity index (χ3n) is 1.88. The van der Waals surface area contributed by atoms with Crippen molar-refractivity contribution in [3.63, 3.8) is 0 Å². The molecule has 1 aromatic heterocycles. The van der Waals surface area contributed by atoms with Gasteiger partial charge in [-0.1, -0.05) is 11.6 Å². The lowest BCUT2D eigenvalue weighted by Crippen LogP contribution is -2.32. The Morgan fingerprint density at radius 1 is 1.56 bits per heavy atom. The second-order valence-corrected chi connectivity index (χ2v) is 3.58. The van der Waals surface area contributed by atoms with Gasteiger partial charge < -0.3 is 9.84 Å². The van der Waals surface area contributed by atoms with E-state index in [0.717, 1.165) is 0 Å². The number of carboxylic acid groups (broad SMARTS) is 1. The van der Waals surface area contributed by atoms with Crippen LogP contribution in [0.1, 0.15) is 17.3 Å². The number of hydrogen-bond donors (Lipinski definition) is 1. The van der Waals surface area contributed by atoms with Gasteiger partial charge in [0.25, 0.3) is 0 Å². The predicted molar refractivity (Wildman–Crippen MR) is 52.3 cm³/mol. The van der Waals surface area contributed by atoms with Crippen LogP contribution in [0.3, 0.4) is 0 Å². The summed E-state index contributed by atoms with van der Waals surface area (Å²) in [4.78, 5) is 13.8. The first-order chi connectivity index (χ1) is 8.12. The van der Waals surface area contributed by atoms with Gasteiger partial charge in [0.05, 0.1) is 0 Å². The number of nitrogens with zero attached hydrogens (tertiary/aromatic N) is 1. The van der Waals surface area contributed by atoms with Gasteiger partial charge in [0, 0.05) is 0 Å². The standard InChI is InChI=1S/C9H6ClF4NO3/c1-3(9(12,13)14)18-7-4(8(16)17)2-5(11)6(10)15-7/h2-3H,1H3,(H,16,17)/t3-/m0/s1. The molecule has 0 aliphatic rings. The van der Waals surface area contributed by atoms with E-state index in [2.05, 4.69) is 9.72 Å². The quantitative estimate of drug-likeness (QED) is 0.686. The van der Waals surface area contributed by atoms with Crippen LogP contribution in [0.5, 0.6) is 5.88 Å². The zero-order chi connectivity index (χ0) is 14.1. The van der Waals surface area contributed by atoms with E-state index >= 15 is 0 Å². The lowest BCUT2D eigenvalue weighted by atomic mass is 10.2. The highest BCUT2D eigenvalue weighted by Crippen LogP contribution is 2.28. The van der Waals surface area contributed by atoms with E-state index in [1.54, 1.807) is 0 Å². The Balaban J connectivity index is 3.15. The maximum Gasteiger partial charge on any atom is 0.425 e. The summed E-state index contributed by atoms with van der Waals surface area (Å²) >= 11 is 5.25. The Morgan fingerprint density at radius 3 is 2.56 bits per heavy atom. The molecule has 0 unspecified atom stereocenters. The Bertz CT molecular complexity index is 478. The largest absolute Gasteiger partial charge is 0.477 e. The Hall–Kier alpha value is -1.57. The van der Waals surface area contributed by atoms with E-state index in [9.17, 15) is 22.4 Å². The van der Waals surface area contributed by atoms with Crippen LogP contribution in [-0.2, 0) is 0 Å². The summed E-state index contributed by atoms with van der Waals surface area (Å²) in [6.45, 7) is 0.657. The highest BCUT2D eigenvalue weighted by atomic mass is 35.5. The SMILES string of the molecule is C[C@H](Oc1nc(Cl)c(F)cc1C(=O)O)C(F)(F)F. The fourth-order valence-corrected chi connectivity index (χ4v) is 1.06. The molecule has 1 atom stereocenters. The van der Waals surface area contributed by atoms with Gasteiger partial charge in [-0.25, -0.2) is 9.18 Å². The lowest BCUT2D eigenvalue weighted by Gasteiger charge is -2.18. The number of halogens is 5. The van der Waals surface area contributed by atoms with Gasteiger partial charge >= 0.3 is 12.1 Å². The first kappa shape index (κ1) is 14.5. The molecule has 1 N–H and O–H groups in total. The van der Waals surface area contributed by atoms with Crippen molar-refractivity contribution in [3.8, 4) is 5.88 Å². The number of pyridine rings is 1. The highest BCUT2D eigenvalue weighted by Gasteiger charge is 2.39. The van der Waals surface area contributed by atoms with Gasteiger partial charge in [0.15, 0.2) is 17.1 Å². The minimum Gasteiger partial charge on any atom is -0.477 e. The van der Waals surface area contributed by atoms with Crippen LogP contribution in [0.2, 0.25) is 5.15 Å². The summed E-state index contributed by atoms with van der Waals surface area (Å²) in [5.74, 6) is -3.73. The van der Waals surface area contributed by atoms with E-state index in [0.29, 0.717) is 13.0 Å². The molecule has 9 heteroatoms. The molecule has 0 aliphatic carbocycles. The van der Waals surface area contributed by atoms with Gasteiger partial charge in [0.2, 0.25) is 5.88 Å². The monoisotopic (exact) mass is 287 g/mol. The fraction of sp³-hybridized carbons (Fsp3) is 0.333. The molecule has 0 aliphatic heterocycles. The van der Waals surface area contributed by atoms with Crippen LogP contribution in [0.15, 0.2) is 6.07 Å². The van der Waals surface area contributed by atoms with E-state index < -0.39 is 40.7 Å². The number of rotatable bonds is 3. The summed E-state index contributed by atoms with van der Waals surface area (Å²) in [5.41, 5.74) is -0.840. The third-order valence-corrected chi connectivity index (χ3v) is 2.14. The van der Waals surface area contributed by atoms with Crippen molar-refractivity contribution >= 4 is 17.6 Å². The van der Waals surface area contributed by atoms with Crippen molar-refractivity contribution in [2.24, 2.45) is 0 Å². The molecule has 0 bridgehead atoms. The van der Waals surface area contributed by atoms with Gasteiger partial charge in [-0.05, 0) is 13.0 Å². The number of aromatic carboxylic acids is 1. The molecule has 0 saturated heterocycles. The summed E-state index contributed by atoms with van der Waals surface area (Å²) in [6, 6.07) is 0.441. The number of carboxylic acids is 1. The minimum absolute atomic E-state index is 0.441. The number of carbonyl (C=O) groups is 1. The van der Waals surface area contributed by atoms with Crippen LogP contribution in [0, 0.1) is 5.82 Å². The number of alkyl halides is 3. The average molecular weight is 288 g/mol. The van der Waals surface area contributed by atoms with E-state index in [-0.39, 0.29) is 0 Å². The zero-order valence-electron chi connectivity index (χ0n) is 8.76. The third kappa shape index (κ3) is 3.22. The molecule has 1 rings (SSSR count). The minimum atomic E-state index is -4.71. The van der Waals surface area contributed by atoms with E-state index in [1.165, 1.54) is 0 Å². The summed E-state index contributed by atoms with van der Waals surface area (Å²) in [6.07, 6.45) is -7.01. The zero-order valence-corrected chi connectivity index (χ0v) is 9.51. The second kappa shape index (κ2) is 4.97. The summed E-state index contributed by atoms with van der Waals surface area (Å²) in [5, 5.41) is 7.91. The van der Waals surface area contributed by atoms with Gasteiger partial charge in [-0.2, -0.15) is 18.2 Å². The molecule has 0 saturated carbocycles. The number of ether oxygens (including phenoxy) is 1. The van der Waals surface area contributed by atoms with Gasteiger partial charge in [-0.15, -0.1) is 0 Å². The van der Waals surface area contributed by atoms with Crippen molar-refractivity contribution in [1.29, 1.82) is 0 Å². The molecule has 0 spiro atoms. The van der Waals surface area contributed by atoms with Crippen molar-refractivity contribution in [2.75, 3.05) is 0 Å². The van der Waals surface area contributed by atoms with Crippen LogP contribution in [0.25, 0.3) is 0 Å². The van der Waals surface area contributed by atoms with Crippen LogP contribution in [-0.4, -0.2) is 28.3 Å². The molecule has 0 fully saturated rings. The van der Waals surface area contributed by atoms with Crippen molar-refractivity contribution in [3.05, 3.63) is 22.6 Å². The maximum absolute atomic E-state index is 13.0. The molecule has 0 amide bonds. The number of hydrogen-bond acceptors (Lipinski definition) is 3. The number of aromatic nitrogens is 1. The predicted octanol–water partition coefficient (Wildman–Crippen LogP) is 2.90. The molecule has 4 nitrogen and oxygen atoms in total. The molecular weight excluding hydrogens is 282 g/mol.